The monoisotopic (exact) mass is 328 g/mol. The second-order valence-electron chi connectivity index (χ2n) is 4.57. The van der Waals surface area contributed by atoms with Gasteiger partial charge in [0.15, 0.2) is 0 Å². The molecule has 0 saturated carbocycles. The number of ether oxygens (including phenoxy) is 1. The average Bonchev–Trinajstić information content (AvgIpc) is 2.40. The molecule has 0 aromatic heterocycles. The van der Waals surface area contributed by atoms with E-state index in [1.54, 1.807) is 20.8 Å². The molecule has 4 nitrogen and oxygen atoms in total. The Balaban J connectivity index is 4.61. The summed E-state index contributed by atoms with van der Waals surface area (Å²) >= 11 is 2.06. The molecular formula is C15H20O4S2. The van der Waals surface area contributed by atoms with Crippen molar-refractivity contribution in [3.8, 4) is 0 Å². The number of esters is 1. The Labute approximate surface area is 134 Å². The fourth-order valence-corrected chi connectivity index (χ4v) is 2.75. The first-order valence-corrected chi connectivity index (χ1v) is 8.03. The zero-order chi connectivity index (χ0) is 16.6. The smallest absolute Gasteiger partial charge is 0.333 e. The van der Waals surface area contributed by atoms with Crippen molar-refractivity contribution in [3.63, 3.8) is 0 Å². The van der Waals surface area contributed by atoms with E-state index in [4.69, 9.17) is 4.74 Å². The first-order chi connectivity index (χ1) is 9.65. The number of rotatable bonds is 8. The number of hydrogen-bond donors (Lipinski definition) is 0. The summed E-state index contributed by atoms with van der Waals surface area (Å²) in [7, 11) is 0. The average molecular weight is 328 g/mol. The molecule has 0 aromatic carbocycles. The lowest BCUT2D eigenvalue weighted by molar-refractivity contribution is -0.138. The summed E-state index contributed by atoms with van der Waals surface area (Å²) in [5.74, 6) is -0.168. The quantitative estimate of drug-likeness (QED) is 0.504. The predicted octanol–water partition coefficient (Wildman–Crippen LogP) is 3.15. The second-order valence-corrected chi connectivity index (χ2v) is 6.83. The molecule has 0 amide bonds. The molecule has 0 rings (SSSR count). The highest BCUT2D eigenvalue weighted by Crippen LogP contribution is 2.22. The highest BCUT2D eigenvalue weighted by atomic mass is 32.2. The van der Waals surface area contributed by atoms with E-state index in [0.717, 1.165) is 23.5 Å². The van der Waals surface area contributed by atoms with Gasteiger partial charge in [-0.1, -0.05) is 43.3 Å². The highest BCUT2D eigenvalue weighted by molar-refractivity contribution is 8.17. The molecule has 0 radical (unpaired) electrons. The van der Waals surface area contributed by atoms with Crippen LogP contribution in [0.4, 0.5) is 0 Å². The van der Waals surface area contributed by atoms with Crippen LogP contribution in [-0.2, 0) is 19.1 Å². The number of carbonyl (C=O) groups is 3. The van der Waals surface area contributed by atoms with Gasteiger partial charge in [0.1, 0.15) is 6.61 Å². The largest absolute Gasteiger partial charge is 0.461 e. The third-order valence-corrected chi connectivity index (χ3v) is 4.71. The van der Waals surface area contributed by atoms with Crippen LogP contribution in [0.5, 0.6) is 0 Å². The highest BCUT2D eigenvalue weighted by Gasteiger charge is 2.19. The molecule has 0 aliphatic rings. The Morgan fingerprint density at radius 1 is 0.952 bits per heavy atom. The van der Waals surface area contributed by atoms with Crippen molar-refractivity contribution in [2.24, 2.45) is 0 Å². The van der Waals surface area contributed by atoms with E-state index >= 15 is 0 Å². The molecular weight excluding hydrogens is 308 g/mol. The van der Waals surface area contributed by atoms with Crippen molar-refractivity contribution in [2.75, 3.05) is 12.4 Å². The van der Waals surface area contributed by atoms with Gasteiger partial charge in [-0.05, 0) is 31.9 Å². The van der Waals surface area contributed by atoms with Crippen molar-refractivity contribution in [1.82, 2.24) is 0 Å². The fraction of sp³-hybridized carbons (Fsp3) is 0.400. The van der Waals surface area contributed by atoms with E-state index in [1.165, 1.54) is 0 Å². The van der Waals surface area contributed by atoms with Crippen LogP contribution in [0.25, 0.3) is 0 Å². The third-order valence-electron chi connectivity index (χ3n) is 2.12. The van der Waals surface area contributed by atoms with Crippen LogP contribution in [0.1, 0.15) is 20.8 Å². The molecule has 0 bridgehead atoms. The van der Waals surface area contributed by atoms with Gasteiger partial charge in [0, 0.05) is 11.3 Å². The van der Waals surface area contributed by atoms with Crippen LogP contribution >= 0.6 is 23.5 Å². The van der Waals surface area contributed by atoms with Crippen molar-refractivity contribution in [3.05, 3.63) is 36.5 Å². The predicted molar refractivity (Wildman–Crippen MR) is 89.3 cm³/mol. The van der Waals surface area contributed by atoms with Gasteiger partial charge < -0.3 is 4.74 Å². The van der Waals surface area contributed by atoms with Gasteiger partial charge in [-0.3, -0.25) is 9.59 Å². The summed E-state index contributed by atoms with van der Waals surface area (Å²) in [4.78, 5) is 34.6. The van der Waals surface area contributed by atoms with Gasteiger partial charge in [-0.2, -0.15) is 0 Å². The van der Waals surface area contributed by atoms with Crippen LogP contribution < -0.4 is 0 Å². The van der Waals surface area contributed by atoms with Crippen LogP contribution in [0, 0.1) is 0 Å². The number of carbonyl (C=O) groups excluding carboxylic acids is 3. The summed E-state index contributed by atoms with van der Waals surface area (Å²) < 4.78 is 5.05. The maximum absolute atomic E-state index is 11.7. The lowest BCUT2D eigenvalue weighted by Crippen LogP contribution is -2.21. The molecule has 0 aliphatic carbocycles. The standard InChI is InChI=1S/C15H20O4S2/c1-9(2)13(16)19-7-12(21-15(18)11(5)6)8-20-14(17)10(3)4/h12H,1,3,5,7-8H2,2,4,6H3. The van der Waals surface area contributed by atoms with Gasteiger partial charge in [-0.25, -0.2) is 4.79 Å². The first-order valence-electron chi connectivity index (χ1n) is 6.16. The summed E-state index contributed by atoms with van der Waals surface area (Å²) in [6.45, 7) is 15.4. The van der Waals surface area contributed by atoms with Crippen LogP contribution in [-0.4, -0.2) is 33.8 Å². The van der Waals surface area contributed by atoms with Crippen molar-refractivity contribution in [2.45, 2.75) is 26.0 Å². The molecule has 0 saturated heterocycles. The molecule has 1 unspecified atom stereocenters. The van der Waals surface area contributed by atoms with Crippen LogP contribution in [0.15, 0.2) is 36.5 Å². The first kappa shape index (κ1) is 19.7. The minimum Gasteiger partial charge on any atom is -0.461 e. The molecule has 0 spiro atoms. The molecule has 0 aliphatic heterocycles. The van der Waals surface area contributed by atoms with E-state index in [1.807, 2.05) is 0 Å². The van der Waals surface area contributed by atoms with E-state index < -0.39 is 5.97 Å². The summed E-state index contributed by atoms with van der Waals surface area (Å²) in [5, 5.41) is -0.657. The summed E-state index contributed by atoms with van der Waals surface area (Å²) in [6, 6.07) is 0. The zero-order valence-electron chi connectivity index (χ0n) is 12.6. The van der Waals surface area contributed by atoms with Crippen molar-refractivity contribution in [1.29, 1.82) is 0 Å². The normalized spacial score (nSPS) is 11.4. The van der Waals surface area contributed by atoms with Gasteiger partial charge in [0.05, 0.1) is 5.25 Å². The van der Waals surface area contributed by atoms with Gasteiger partial charge in [0.2, 0.25) is 10.2 Å². The lowest BCUT2D eigenvalue weighted by atomic mass is 10.4. The molecule has 21 heavy (non-hydrogen) atoms. The van der Waals surface area contributed by atoms with Crippen LogP contribution in [0.3, 0.4) is 0 Å². The third kappa shape index (κ3) is 8.57. The summed E-state index contributed by atoms with van der Waals surface area (Å²) in [5.41, 5.74) is 1.14. The zero-order valence-corrected chi connectivity index (χ0v) is 14.2. The topological polar surface area (TPSA) is 60.4 Å². The maximum Gasteiger partial charge on any atom is 0.333 e. The van der Waals surface area contributed by atoms with Crippen molar-refractivity contribution < 1.29 is 19.1 Å². The minimum absolute atomic E-state index is 0.0336. The Morgan fingerprint density at radius 3 is 1.90 bits per heavy atom. The van der Waals surface area contributed by atoms with E-state index in [9.17, 15) is 14.4 Å². The van der Waals surface area contributed by atoms with Gasteiger partial charge in [-0.15, -0.1) is 0 Å². The Kier molecular flexibility index (Phi) is 9.05. The summed E-state index contributed by atoms with van der Waals surface area (Å²) in [6.07, 6.45) is 0. The Bertz CT molecular complexity index is 450. The Hall–Kier alpha value is -1.27. The molecule has 1 atom stereocenters. The molecule has 116 valence electrons. The van der Waals surface area contributed by atoms with Crippen molar-refractivity contribution >= 4 is 39.7 Å². The van der Waals surface area contributed by atoms with E-state index in [0.29, 0.717) is 16.9 Å². The van der Waals surface area contributed by atoms with Gasteiger partial charge in [0.25, 0.3) is 0 Å². The molecule has 6 heteroatoms. The van der Waals surface area contributed by atoms with Gasteiger partial charge >= 0.3 is 5.97 Å². The second kappa shape index (κ2) is 9.63. The van der Waals surface area contributed by atoms with E-state index in [2.05, 4.69) is 19.7 Å². The van der Waals surface area contributed by atoms with E-state index in [-0.39, 0.29) is 27.7 Å². The molecule has 0 N–H and O–H groups in total. The molecule has 0 aromatic rings. The Morgan fingerprint density at radius 2 is 1.48 bits per heavy atom. The number of thioether (sulfide) groups is 2. The van der Waals surface area contributed by atoms with Crippen LogP contribution in [0.2, 0.25) is 0 Å². The maximum atomic E-state index is 11.7. The molecule has 0 fully saturated rings. The molecule has 0 heterocycles. The fourth-order valence-electron chi connectivity index (χ4n) is 0.952. The number of hydrogen-bond acceptors (Lipinski definition) is 6. The lowest BCUT2D eigenvalue weighted by Gasteiger charge is -2.15. The minimum atomic E-state index is -0.514. The SMILES string of the molecule is C=C(C)C(=O)OCC(CSC(=O)C(=C)C)SC(=O)C(=C)C.